The molecule has 2 rings (SSSR count). The summed E-state index contributed by atoms with van der Waals surface area (Å²) in [5.41, 5.74) is 0.931. The zero-order valence-corrected chi connectivity index (χ0v) is 12.8. The van der Waals surface area contributed by atoms with Gasteiger partial charge in [-0.25, -0.2) is 9.97 Å². The lowest BCUT2D eigenvalue weighted by molar-refractivity contribution is 0.455. The number of ether oxygens (including phenoxy) is 1. The van der Waals surface area contributed by atoms with Crippen molar-refractivity contribution in [2.24, 2.45) is 0 Å². The fourth-order valence-electron chi connectivity index (χ4n) is 1.77. The van der Waals surface area contributed by atoms with Crippen molar-refractivity contribution in [2.45, 2.75) is 20.3 Å². The molecular formula is C14H15Cl2N3O. The van der Waals surface area contributed by atoms with Crippen molar-refractivity contribution in [3.8, 4) is 11.6 Å². The van der Waals surface area contributed by atoms with Crippen LogP contribution in [0.25, 0.3) is 0 Å². The summed E-state index contributed by atoms with van der Waals surface area (Å²) in [6.45, 7) is 4.83. The van der Waals surface area contributed by atoms with Crippen molar-refractivity contribution in [3.05, 3.63) is 40.1 Å². The van der Waals surface area contributed by atoms with Gasteiger partial charge >= 0.3 is 0 Å². The SMILES string of the molecule is CCNc1ncnc(Oc2ccc(Cl)c(Cl)c2)c1CC. The normalized spacial score (nSPS) is 10.4. The van der Waals surface area contributed by atoms with Gasteiger partial charge in [0.2, 0.25) is 5.88 Å². The van der Waals surface area contributed by atoms with E-state index in [-0.39, 0.29) is 0 Å². The Morgan fingerprint density at radius 1 is 1.15 bits per heavy atom. The highest BCUT2D eigenvalue weighted by atomic mass is 35.5. The lowest BCUT2D eigenvalue weighted by Crippen LogP contribution is -2.05. The molecule has 0 fully saturated rings. The van der Waals surface area contributed by atoms with Crippen LogP contribution in [0.15, 0.2) is 24.5 Å². The minimum Gasteiger partial charge on any atom is -0.438 e. The van der Waals surface area contributed by atoms with Gasteiger partial charge in [0.25, 0.3) is 0 Å². The molecule has 0 saturated carbocycles. The molecule has 0 saturated heterocycles. The zero-order chi connectivity index (χ0) is 14.5. The topological polar surface area (TPSA) is 47.0 Å². The molecule has 0 radical (unpaired) electrons. The van der Waals surface area contributed by atoms with Gasteiger partial charge in [0.1, 0.15) is 17.9 Å². The highest BCUT2D eigenvalue weighted by molar-refractivity contribution is 6.42. The molecule has 1 N–H and O–H groups in total. The number of benzene rings is 1. The van der Waals surface area contributed by atoms with Gasteiger partial charge in [0.15, 0.2) is 0 Å². The summed E-state index contributed by atoms with van der Waals surface area (Å²) < 4.78 is 5.79. The summed E-state index contributed by atoms with van der Waals surface area (Å²) in [5, 5.41) is 4.13. The first-order valence-electron chi connectivity index (χ1n) is 6.36. The van der Waals surface area contributed by atoms with Crippen molar-refractivity contribution in [1.29, 1.82) is 0 Å². The highest BCUT2D eigenvalue weighted by Crippen LogP contribution is 2.31. The molecule has 2 aromatic rings. The van der Waals surface area contributed by atoms with E-state index < -0.39 is 0 Å². The number of nitrogens with one attached hydrogen (secondary N) is 1. The van der Waals surface area contributed by atoms with Crippen LogP contribution in [0.5, 0.6) is 11.6 Å². The van der Waals surface area contributed by atoms with Crippen LogP contribution >= 0.6 is 23.2 Å². The minimum absolute atomic E-state index is 0.447. The summed E-state index contributed by atoms with van der Waals surface area (Å²) in [7, 11) is 0. The number of hydrogen-bond acceptors (Lipinski definition) is 4. The van der Waals surface area contributed by atoms with Crippen molar-refractivity contribution in [1.82, 2.24) is 9.97 Å². The fourth-order valence-corrected chi connectivity index (χ4v) is 2.06. The number of rotatable bonds is 5. The maximum atomic E-state index is 5.98. The number of anilines is 1. The van der Waals surface area contributed by atoms with E-state index in [0.29, 0.717) is 21.7 Å². The molecule has 1 heterocycles. The van der Waals surface area contributed by atoms with E-state index in [9.17, 15) is 0 Å². The smallest absolute Gasteiger partial charge is 0.227 e. The van der Waals surface area contributed by atoms with E-state index in [0.717, 1.165) is 24.3 Å². The first-order valence-corrected chi connectivity index (χ1v) is 7.12. The van der Waals surface area contributed by atoms with Gasteiger partial charge in [0, 0.05) is 12.6 Å². The van der Waals surface area contributed by atoms with Gasteiger partial charge in [-0.2, -0.15) is 0 Å². The van der Waals surface area contributed by atoms with Gasteiger partial charge in [-0.15, -0.1) is 0 Å². The van der Waals surface area contributed by atoms with E-state index in [1.54, 1.807) is 18.2 Å². The van der Waals surface area contributed by atoms with Crippen molar-refractivity contribution < 1.29 is 4.74 Å². The van der Waals surface area contributed by atoms with Gasteiger partial charge in [-0.3, -0.25) is 0 Å². The molecular weight excluding hydrogens is 297 g/mol. The van der Waals surface area contributed by atoms with Crippen LogP contribution in [-0.2, 0) is 6.42 Å². The Labute approximate surface area is 128 Å². The lowest BCUT2D eigenvalue weighted by atomic mass is 10.2. The largest absolute Gasteiger partial charge is 0.438 e. The number of aromatic nitrogens is 2. The Balaban J connectivity index is 2.32. The van der Waals surface area contributed by atoms with Crippen LogP contribution in [0.3, 0.4) is 0 Å². The minimum atomic E-state index is 0.447. The quantitative estimate of drug-likeness (QED) is 0.878. The van der Waals surface area contributed by atoms with E-state index in [4.69, 9.17) is 27.9 Å². The van der Waals surface area contributed by atoms with E-state index >= 15 is 0 Å². The predicted molar refractivity (Wildman–Crippen MR) is 82.1 cm³/mol. The van der Waals surface area contributed by atoms with E-state index in [1.165, 1.54) is 6.33 Å². The highest BCUT2D eigenvalue weighted by Gasteiger charge is 2.12. The molecule has 0 aliphatic rings. The molecule has 0 spiro atoms. The van der Waals surface area contributed by atoms with Crippen LogP contribution in [0.2, 0.25) is 10.0 Å². The lowest BCUT2D eigenvalue weighted by Gasteiger charge is -2.13. The zero-order valence-electron chi connectivity index (χ0n) is 11.3. The predicted octanol–water partition coefficient (Wildman–Crippen LogP) is 4.57. The fraction of sp³-hybridized carbons (Fsp3) is 0.286. The molecule has 0 aliphatic carbocycles. The van der Waals surface area contributed by atoms with Gasteiger partial charge < -0.3 is 10.1 Å². The Kier molecular flexibility index (Phi) is 5.04. The number of nitrogens with zero attached hydrogens (tertiary/aromatic N) is 2. The number of halogens is 2. The number of hydrogen-bond donors (Lipinski definition) is 1. The molecule has 0 amide bonds. The average Bonchev–Trinajstić information content (AvgIpc) is 2.44. The maximum absolute atomic E-state index is 5.98. The third kappa shape index (κ3) is 3.32. The average molecular weight is 312 g/mol. The Morgan fingerprint density at radius 3 is 2.60 bits per heavy atom. The molecule has 0 atom stereocenters. The molecule has 20 heavy (non-hydrogen) atoms. The second-order valence-electron chi connectivity index (χ2n) is 4.07. The van der Waals surface area contributed by atoms with Crippen LogP contribution in [0.1, 0.15) is 19.4 Å². The van der Waals surface area contributed by atoms with Crippen LogP contribution in [0, 0.1) is 0 Å². The van der Waals surface area contributed by atoms with Crippen molar-refractivity contribution in [2.75, 3.05) is 11.9 Å². The Morgan fingerprint density at radius 2 is 1.95 bits per heavy atom. The van der Waals surface area contributed by atoms with Gasteiger partial charge in [-0.05, 0) is 25.5 Å². The molecule has 106 valence electrons. The summed E-state index contributed by atoms with van der Waals surface area (Å²) in [4.78, 5) is 8.41. The summed E-state index contributed by atoms with van der Waals surface area (Å²) in [6.07, 6.45) is 2.24. The van der Waals surface area contributed by atoms with Crippen molar-refractivity contribution >= 4 is 29.0 Å². The third-order valence-electron chi connectivity index (χ3n) is 2.71. The van der Waals surface area contributed by atoms with Crippen LogP contribution in [-0.4, -0.2) is 16.5 Å². The molecule has 4 nitrogen and oxygen atoms in total. The first kappa shape index (κ1) is 14.9. The second-order valence-corrected chi connectivity index (χ2v) is 4.88. The van der Waals surface area contributed by atoms with Crippen LogP contribution in [0.4, 0.5) is 5.82 Å². The standard InChI is InChI=1S/C14H15Cl2N3O/c1-3-10-13(17-4-2)18-8-19-14(10)20-9-5-6-11(15)12(16)7-9/h5-8H,3-4H2,1-2H3,(H,17,18,19). The summed E-state index contributed by atoms with van der Waals surface area (Å²) in [6, 6.07) is 5.11. The summed E-state index contributed by atoms with van der Waals surface area (Å²) >= 11 is 11.9. The van der Waals surface area contributed by atoms with Crippen molar-refractivity contribution in [3.63, 3.8) is 0 Å². The van der Waals surface area contributed by atoms with E-state index in [2.05, 4.69) is 15.3 Å². The monoisotopic (exact) mass is 311 g/mol. The molecule has 0 unspecified atom stereocenters. The molecule has 6 heteroatoms. The second kappa shape index (κ2) is 6.77. The third-order valence-corrected chi connectivity index (χ3v) is 3.45. The maximum Gasteiger partial charge on any atom is 0.227 e. The van der Waals surface area contributed by atoms with Crippen LogP contribution < -0.4 is 10.1 Å². The molecule has 1 aromatic heterocycles. The van der Waals surface area contributed by atoms with Gasteiger partial charge in [0.05, 0.1) is 15.6 Å². The Hall–Kier alpha value is -1.52. The summed E-state index contributed by atoms with van der Waals surface area (Å²) in [5.74, 6) is 1.91. The van der Waals surface area contributed by atoms with Gasteiger partial charge in [-0.1, -0.05) is 30.1 Å². The first-order chi connectivity index (χ1) is 9.65. The molecule has 0 bridgehead atoms. The molecule has 0 aliphatic heterocycles. The van der Waals surface area contributed by atoms with E-state index in [1.807, 2.05) is 13.8 Å². The Bertz CT molecular complexity index is 605. The molecule has 1 aromatic carbocycles.